The minimum atomic E-state index is 0.0801. The van der Waals surface area contributed by atoms with Crippen molar-refractivity contribution in [1.29, 1.82) is 0 Å². The number of aryl methyl sites for hydroxylation is 1. The number of methoxy groups -OCH3 is 1. The molecule has 0 atom stereocenters. The van der Waals surface area contributed by atoms with Crippen LogP contribution in [0.4, 0.5) is 0 Å². The van der Waals surface area contributed by atoms with Crippen LogP contribution in [0.5, 0.6) is 17.2 Å². The molecule has 0 spiro atoms. The number of phenolic OH excluding ortho intramolecular Hbond substituents is 2. The molecule has 2 N–H and O–H groups in total. The topological polar surface area (TPSA) is 49.7 Å². The molecule has 3 nitrogen and oxygen atoms in total. The molecule has 0 bridgehead atoms. The molecule has 2 aromatic rings. The molecule has 84 valence electrons. The van der Waals surface area contributed by atoms with Gasteiger partial charge in [0.15, 0.2) is 0 Å². The number of fused-ring (bicyclic) bond motifs is 1. The van der Waals surface area contributed by atoms with Crippen LogP contribution in [0.2, 0.25) is 0 Å². The lowest BCUT2D eigenvalue weighted by Crippen LogP contribution is -1.88. The lowest BCUT2D eigenvalue weighted by Gasteiger charge is -2.11. The first-order valence-corrected chi connectivity index (χ1v) is 5.52. The fraction of sp³-hybridized carbons (Fsp3) is 0.167. The molecule has 0 aromatic heterocycles. The summed E-state index contributed by atoms with van der Waals surface area (Å²) in [6.45, 7) is 1.90. The van der Waals surface area contributed by atoms with Crippen LogP contribution in [0.25, 0.3) is 10.8 Å². The maximum Gasteiger partial charge on any atom is 0.138 e. The molecule has 0 unspecified atom stereocenters. The zero-order chi connectivity index (χ0) is 11.9. The predicted molar refractivity (Wildman–Crippen MR) is 66.3 cm³/mol. The van der Waals surface area contributed by atoms with Crippen LogP contribution in [-0.2, 0) is 0 Å². The number of benzene rings is 2. The van der Waals surface area contributed by atoms with Crippen molar-refractivity contribution in [2.45, 2.75) is 6.92 Å². The van der Waals surface area contributed by atoms with Gasteiger partial charge in [0, 0.05) is 5.39 Å². The second kappa shape index (κ2) is 3.87. The van der Waals surface area contributed by atoms with Crippen LogP contribution in [0.15, 0.2) is 22.7 Å². The van der Waals surface area contributed by atoms with Gasteiger partial charge in [0.1, 0.15) is 17.2 Å². The van der Waals surface area contributed by atoms with Gasteiger partial charge in [0.05, 0.1) is 17.0 Å². The molecule has 2 aromatic carbocycles. The summed E-state index contributed by atoms with van der Waals surface area (Å²) in [5.41, 5.74) is 0.956. The van der Waals surface area contributed by atoms with Gasteiger partial charge in [-0.05, 0) is 46.6 Å². The second-order valence-electron chi connectivity index (χ2n) is 3.62. The monoisotopic (exact) mass is 282 g/mol. The number of phenols is 2. The normalized spacial score (nSPS) is 10.7. The van der Waals surface area contributed by atoms with E-state index in [1.165, 1.54) is 13.2 Å². The average molecular weight is 283 g/mol. The third kappa shape index (κ3) is 1.59. The van der Waals surface area contributed by atoms with E-state index >= 15 is 0 Å². The quantitative estimate of drug-likeness (QED) is 0.789. The van der Waals surface area contributed by atoms with Gasteiger partial charge in [-0.15, -0.1) is 0 Å². The Bertz CT molecular complexity index is 564. The van der Waals surface area contributed by atoms with Crippen molar-refractivity contribution in [3.05, 3.63) is 28.2 Å². The highest BCUT2D eigenvalue weighted by atomic mass is 79.9. The Hall–Kier alpha value is -1.42. The van der Waals surface area contributed by atoms with Crippen molar-refractivity contribution < 1.29 is 14.9 Å². The number of ether oxygens (including phenoxy) is 1. The van der Waals surface area contributed by atoms with E-state index in [0.29, 0.717) is 21.0 Å². The van der Waals surface area contributed by atoms with E-state index in [1.54, 1.807) is 6.07 Å². The number of hydrogen-bond donors (Lipinski definition) is 2. The summed E-state index contributed by atoms with van der Waals surface area (Å²) in [5, 5.41) is 20.9. The summed E-state index contributed by atoms with van der Waals surface area (Å²) in [6.07, 6.45) is 0. The summed E-state index contributed by atoms with van der Waals surface area (Å²) in [4.78, 5) is 0. The van der Waals surface area contributed by atoms with Gasteiger partial charge in [-0.2, -0.15) is 0 Å². The number of hydrogen-bond acceptors (Lipinski definition) is 3. The largest absolute Gasteiger partial charge is 0.507 e. The zero-order valence-electron chi connectivity index (χ0n) is 8.91. The molecule has 0 saturated heterocycles. The smallest absolute Gasteiger partial charge is 0.138 e. The van der Waals surface area contributed by atoms with E-state index in [2.05, 4.69) is 15.9 Å². The van der Waals surface area contributed by atoms with Crippen molar-refractivity contribution in [3.8, 4) is 17.2 Å². The van der Waals surface area contributed by atoms with Crippen molar-refractivity contribution in [3.63, 3.8) is 0 Å². The first kappa shape index (κ1) is 11.1. The lowest BCUT2D eigenvalue weighted by molar-refractivity contribution is 0.415. The van der Waals surface area contributed by atoms with Crippen LogP contribution in [-0.4, -0.2) is 17.3 Å². The minimum absolute atomic E-state index is 0.0801. The highest BCUT2D eigenvalue weighted by Gasteiger charge is 2.14. The Balaban J connectivity index is 2.98. The molecule has 0 amide bonds. The molecule has 0 heterocycles. The molecule has 2 rings (SSSR count). The third-order valence-electron chi connectivity index (χ3n) is 2.47. The van der Waals surface area contributed by atoms with E-state index in [9.17, 15) is 10.2 Å². The molecule has 0 fully saturated rings. The van der Waals surface area contributed by atoms with Gasteiger partial charge < -0.3 is 14.9 Å². The maximum absolute atomic E-state index is 9.91. The van der Waals surface area contributed by atoms with E-state index in [-0.39, 0.29) is 11.5 Å². The fourth-order valence-corrected chi connectivity index (χ4v) is 2.18. The fourth-order valence-electron chi connectivity index (χ4n) is 1.75. The Morgan fingerprint density at radius 2 is 1.88 bits per heavy atom. The molecule has 0 aliphatic heterocycles. The molecular formula is C12H11BrO3. The van der Waals surface area contributed by atoms with E-state index in [4.69, 9.17) is 4.74 Å². The van der Waals surface area contributed by atoms with Gasteiger partial charge in [0.2, 0.25) is 0 Å². The predicted octanol–water partition coefficient (Wildman–Crippen LogP) is 3.33. The highest BCUT2D eigenvalue weighted by Crippen LogP contribution is 2.43. The van der Waals surface area contributed by atoms with E-state index in [1.807, 2.05) is 13.0 Å². The van der Waals surface area contributed by atoms with Crippen LogP contribution < -0.4 is 4.74 Å². The lowest BCUT2D eigenvalue weighted by atomic mass is 10.0. The van der Waals surface area contributed by atoms with Crippen LogP contribution in [0.3, 0.4) is 0 Å². The van der Waals surface area contributed by atoms with Crippen LogP contribution in [0.1, 0.15) is 5.56 Å². The second-order valence-corrected chi connectivity index (χ2v) is 4.47. The zero-order valence-corrected chi connectivity index (χ0v) is 10.5. The van der Waals surface area contributed by atoms with Crippen LogP contribution >= 0.6 is 15.9 Å². The van der Waals surface area contributed by atoms with Crippen LogP contribution in [0, 0.1) is 6.92 Å². The van der Waals surface area contributed by atoms with Gasteiger partial charge in [-0.3, -0.25) is 0 Å². The Morgan fingerprint density at radius 1 is 1.19 bits per heavy atom. The Labute approximate surface area is 101 Å². The SMILES string of the molecule is COc1cc(C)cc2c(O)c(Br)cc(O)c12. The molecule has 0 aliphatic carbocycles. The molecule has 4 heteroatoms. The maximum atomic E-state index is 9.91. The van der Waals surface area contributed by atoms with Gasteiger partial charge in [-0.1, -0.05) is 0 Å². The van der Waals surface area contributed by atoms with Gasteiger partial charge >= 0.3 is 0 Å². The standard InChI is InChI=1S/C12H11BrO3/c1-6-3-7-11(10(4-6)16-2)9(14)5-8(13)12(7)15/h3-5,14-15H,1-2H3. The minimum Gasteiger partial charge on any atom is -0.507 e. The van der Waals surface area contributed by atoms with E-state index < -0.39 is 0 Å². The van der Waals surface area contributed by atoms with Crippen molar-refractivity contribution in [2.75, 3.05) is 7.11 Å². The summed E-state index contributed by atoms with van der Waals surface area (Å²) in [6, 6.07) is 5.07. The number of halogens is 1. The van der Waals surface area contributed by atoms with Gasteiger partial charge in [0.25, 0.3) is 0 Å². The average Bonchev–Trinajstić information content (AvgIpc) is 2.24. The highest BCUT2D eigenvalue weighted by molar-refractivity contribution is 9.10. The summed E-state index contributed by atoms with van der Waals surface area (Å²) in [7, 11) is 1.53. The molecule has 0 radical (unpaired) electrons. The Kier molecular flexibility index (Phi) is 2.68. The summed E-state index contributed by atoms with van der Waals surface area (Å²) >= 11 is 3.19. The first-order valence-electron chi connectivity index (χ1n) is 4.73. The Morgan fingerprint density at radius 3 is 2.50 bits per heavy atom. The molecule has 16 heavy (non-hydrogen) atoms. The van der Waals surface area contributed by atoms with Crippen molar-refractivity contribution in [2.24, 2.45) is 0 Å². The third-order valence-corrected chi connectivity index (χ3v) is 3.07. The van der Waals surface area contributed by atoms with Crippen molar-refractivity contribution in [1.82, 2.24) is 0 Å². The summed E-state index contributed by atoms with van der Waals surface area (Å²) < 4.78 is 5.66. The number of aromatic hydroxyl groups is 2. The molecule has 0 aliphatic rings. The molecular weight excluding hydrogens is 272 g/mol. The summed E-state index contributed by atoms with van der Waals surface area (Å²) in [5.74, 6) is 0.738. The van der Waals surface area contributed by atoms with Gasteiger partial charge in [-0.25, -0.2) is 0 Å². The number of rotatable bonds is 1. The molecule has 0 saturated carbocycles. The van der Waals surface area contributed by atoms with Crippen molar-refractivity contribution >= 4 is 26.7 Å². The van der Waals surface area contributed by atoms with E-state index in [0.717, 1.165) is 5.56 Å². The first-order chi connectivity index (χ1) is 7.54.